The normalized spacial score (nSPS) is 12.1. The van der Waals surface area contributed by atoms with Crippen LogP contribution in [0.5, 0.6) is 0 Å². The van der Waals surface area contributed by atoms with Crippen LogP contribution >= 0.6 is 0 Å². The van der Waals surface area contributed by atoms with Crippen molar-refractivity contribution in [2.45, 2.75) is 304 Å². The molecule has 0 unspecified atom stereocenters. The molecule has 1 atom stereocenters. The fourth-order valence-electron chi connectivity index (χ4n) is 8.17. The summed E-state index contributed by atoms with van der Waals surface area (Å²) in [6, 6.07) is 0. The fraction of sp³-hybridized carbons (Fsp3) is 0.944. The average molecular weight is 849 g/mol. The first kappa shape index (κ1) is 58.4. The third-order valence-corrected chi connectivity index (χ3v) is 12.2. The van der Waals surface area contributed by atoms with E-state index >= 15 is 0 Å². The highest BCUT2D eigenvalue weighted by molar-refractivity contribution is 5.71. The third-order valence-electron chi connectivity index (χ3n) is 12.2. The molecule has 0 saturated heterocycles. The van der Waals surface area contributed by atoms with Crippen molar-refractivity contribution in [1.82, 2.24) is 0 Å². The molecule has 0 rings (SSSR count). The maximum absolute atomic E-state index is 12.8. The molecule has 0 aromatic heterocycles. The van der Waals surface area contributed by atoms with E-state index in [4.69, 9.17) is 14.2 Å². The summed E-state index contributed by atoms with van der Waals surface area (Å²) in [6.45, 7) is 11.4. The van der Waals surface area contributed by atoms with E-state index in [1.807, 2.05) is 0 Å². The highest BCUT2D eigenvalue weighted by Crippen LogP contribution is 2.18. The van der Waals surface area contributed by atoms with Crippen LogP contribution in [-0.2, 0) is 28.6 Å². The zero-order valence-corrected chi connectivity index (χ0v) is 41.1. The summed E-state index contributed by atoms with van der Waals surface area (Å²) in [5.41, 5.74) is 0. The Hall–Kier alpha value is -1.59. The summed E-state index contributed by atoms with van der Waals surface area (Å²) in [4.78, 5) is 37.8. The maximum Gasteiger partial charge on any atom is 0.306 e. The SMILES string of the molecule is CCCCCCCCCC(=O)OC[C@H](COC(=O)CCCCCCCCCCCCCCCC(C)C)OC(=O)CCCCCCCCCCCCCCCCCCC(C)C. The molecule has 0 radical (unpaired) electrons. The van der Waals surface area contributed by atoms with Crippen LogP contribution in [-0.4, -0.2) is 37.2 Å². The number of rotatable bonds is 48. The molecule has 0 amide bonds. The minimum Gasteiger partial charge on any atom is -0.462 e. The van der Waals surface area contributed by atoms with Crippen LogP contribution in [0.2, 0.25) is 0 Å². The summed E-state index contributed by atoms with van der Waals surface area (Å²) in [5, 5.41) is 0. The predicted molar refractivity (Wildman–Crippen MR) is 256 cm³/mol. The van der Waals surface area contributed by atoms with Crippen molar-refractivity contribution in [3.63, 3.8) is 0 Å². The zero-order chi connectivity index (χ0) is 44.0. The van der Waals surface area contributed by atoms with Crippen molar-refractivity contribution in [2.24, 2.45) is 11.8 Å². The van der Waals surface area contributed by atoms with Gasteiger partial charge < -0.3 is 14.2 Å². The Morgan fingerprint density at radius 2 is 0.550 bits per heavy atom. The van der Waals surface area contributed by atoms with Crippen LogP contribution in [0.1, 0.15) is 298 Å². The minimum absolute atomic E-state index is 0.0637. The molecule has 356 valence electrons. The molecule has 6 nitrogen and oxygen atoms in total. The van der Waals surface area contributed by atoms with Crippen LogP contribution in [0.15, 0.2) is 0 Å². The monoisotopic (exact) mass is 849 g/mol. The van der Waals surface area contributed by atoms with Gasteiger partial charge in [-0.05, 0) is 31.1 Å². The summed E-state index contributed by atoms with van der Waals surface area (Å²) < 4.78 is 16.8. The van der Waals surface area contributed by atoms with Crippen molar-refractivity contribution in [2.75, 3.05) is 13.2 Å². The van der Waals surface area contributed by atoms with Crippen LogP contribution in [0.3, 0.4) is 0 Å². The molecule has 60 heavy (non-hydrogen) atoms. The number of carbonyl (C=O) groups excluding carboxylic acids is 3. The third kappa shape index (κ3) is 47.5. The fourth-order valence-corrected chi connectivity index (χ4v) is 8.17. The van der Waals surface area contributed by atoms with Gasteiger partial charge in [0.05, 0.1) is 0 Å². The van der Waals surface area contributed by atoms with Crippen molar-refractivity contribution < 1.29 is 28.6 Å². The van der Waals surface area contributed by atoms with Gasteiger partial charge in [0.15, 0.2) is 6.10 Å². The quantitative estimate of drug-likeness (QED) is 0.0345. The number of hydrogen-bond donors (Lipinski definition) is 0. The molecule has 0 N–H and O–H groups in total. The van der Waals surface area contributed by atoms with E-state index in [1.54, 1.807) is 0 Å². The van der Waals surface area contributed by atoms with Gasteiger partial charge in [0, 0.05) is 19.3 Å². The Morgan fingerprint density at radius 3 is 0.817 bits per heavy atom. The van der Waals surface area contributed by atoms with Crippen LogP contribution in [0.4, 0.5) is 0 Å². The van der Waals surface area contributed by atoms with E-state index in [2.05, 4.69) is 34.6 Å². The first-order valence-electron chi connectivity index (χ1n) is 26.7. The zero-order valence-electron chi connectivity index (χ0n) is 41.1. The van der Waals surface area contributed by atoms with Gasteiger partial charge >= 0.3 is 17.9 Å². The molecule has 0 spiro atoms. The van der Waals surface area contributed by atoms with Crippen molar-refractivity contribution in [3.8, 4) is 0 Å². The Labute approximate surface area is 374 Å². The summed E-state index contributed by atoms with van der Waals surface area (Å²) in [5.74, 6) is 0.840. The van der Waals surface area contributed by atoms with Crippen LogP contribution in [0.25, 0.3) is 0 Å². The lowest BCUT2D eigenvalue weighted by Gasteiger charge is -2.18. The van der Waals surface area contributed by atoms with E-state index in [1.165, 1.54) is 186 Å². The van der Waals surface area contributed by atoms with Crippen LogP contribution in [0, 0.1) is 11.8 Å². The lowest BCUT2D eigenvalue weighted by molar-refractivity contribution is -0.167. The standard InChI is InChI=1S/C54H104O6/c1-6-7-8-9-27-34-39-44-52(55)58-47-51(48-59-53(56)45-40-35-30-25-21-18-14-16-20-24-29-33-38-43-50(4)5)60-54(57)46-41-36-31-26-22-17-13-11-10-12-15-19-23-28-32-37-42-49(2)3/h49-51H,6-48H2,1-5H3/t51-/m1/s1. The van der Waals surface area contributed by atoms with E-state index in [-0.39, 0.29) is 31.1 Å². The second-order valence-electron chi connectivity index (χ2n) is 19.5. The number of unbranched alkanes of at least 4 members (excludes halogenated alkanes) is 33. The smallest absolute Gasteiger partial charge is 0.306 e. The summed E-state index contributed by atoms with van der Waals surface area (Å²) in [6.07, 6.45) is 48.2. The average Bonchev–Trinajstić information content (AvgIpc) is 3.22. The number of ether oxygens (including phenoxy) is 3. The molecule has 0 aliphatic rings. The number of hydrogen-bond acceptors (Lipinski definition) is 6. The molecule has 0 bridgehead atoms. The highest BCUT2D eigenvalue weighted by atomic mass is 16.6. The van der Waals surface area contributed by atoms with Gasteiger partial charge in [-0.1, -0.05) is 259 Å². The summed E-state index contributed by atoms with van der Waals surface area (Å²) in [7, 11) is 0. The Bertz CT molecular complexity index is 916. The van der Waals surface area contributed by atoms with Gasteiger partial charge in [-0.15, -0.1) is 0 Å². The van der Waals surface area contributed by atoms with E-state index in [0.29, 0.717) is 19.3 Å². The second kappa shape index (κ2) is 46.9. The van der Waals surface area contributed by atoms with Gasteiger partial charge in [-0.2, -0.15) is 0 Å². The van der Waals surface area contributed by atoms with Gasteiger partial charge in [-0.25, -0.2) is 0 Å². The van der Waals surface area contributed by atoms with Gasteiger partial charge in [-0.3, -0.25) is 14.4 Å². The van der Waals surface area contributed by atoms with Gasteiger partial charge in [0.25, 0.3) is 0 Å². The Balaban J connectivity index is 4.17. The highest BCUT2D eigenvalue weighted by Gasteiger charge is 2.19. The molecule has 0 aliphatic carbocycles. The molecule has 0 saturated carbocycles. The lowest BCUT2D eigenvalue weighted by Crippen LogP contribution is -2.30. The largest absolute Gasteiger partial charge is 0.462 e. The van der Waals surface area contributed by atoms with Gasteiger partial charge in [0.2, 0.25) is 0 Å². The molecular formula is C54H104O6. The molecule has 0 fully saturated rings. The number of carbonyl (C=O) groups is 3. The van der Waals surface area contributed by atoms with E-state index < -0.39 is 6.10 Å². The van der Waals surface area contributed by atoms with Crippen molar-refractivity contribution >= 4 is 17.9 Å². The molecule has 0 aromatic rings. The predicted octanol–water partition coefficient (Wildman–Crippen LogP) is 17.3. The topological polar surface area (TPSA) is 78.9 Å². The maximum atomic E-state index is 12.8. The number of esters is 3. The summed E-state index contributed by atoms with van der Waals surface area (Å²) >= 11 is 0. The molecule has 6 heteroatoms. The van der Waals surface area contributed by atoms with Gasteiger partial charge in [0.1, 0.15) is 13.2 Å². The molecule has 0 heterocycles. The first-order valence-corrected chi connectivity index (χ1v) is 26.7. The van der Waals surface area contributed by atoms with Crippen molar-refractivity contribution in [1.29, 1.82) is 0 Å². The van der Waals surface area contributed by atoms with E-state index in [9.17, 15) is 14.4 Å². The molecule has 0 aliphatic heterocycles. The Morgan fingerprint density at radius 1 is 0.317 bits per heavy atom. The van der Waals surface area contributed by atoms with Crippen LogP contribution < -0.4 is 0 Å². The second-order valence-corrected chi connectivity index (χ2v) is 19.5. The molecular weight excluding hydrogens is 745 g/mol. The first-order chi connectivity index (χ1) is 29.2. The minimum atomic E-state index is -0.760. The van der Waals surface area contributed by atoms with Crippen molar-refractivity contribution in [3.05, 3.63) is 0 Å². The van der Waals surface area contributed by atoms with E-state index in [0.717, 1.165) is 69.6 Å². The Kier molecular flexibility index (Phi) is 45.7. The lowest BCUT2D eigenvalue weighted by atomic mass is 10.0. The molecule has 0 aromatic carbocycles.